The molecule has 0 aliphatic heterocycles. The van der Waals surface area contributed by atoms with Crippen molar-refractivity contribution < 1.29 is 9.21 Å². The summed E-state index contributed by atoms with van der Waals surface area (Å²) in [6.45, 7) is 1.84. The summed E-state index contributed by atoms with van der Waals surface area (Å²) in [6.07, 6.45) is 0. The van der Waals surface area contributed by atoms with Gasteiger partial charge in [0.1, 0.15) is 5.58 Å². The zero-order valence-electron chi connectivity index (χ0n) is 13.6. The summed E-state index contributed by atoms with van der Waals surface area (Å²) < 4.78 is 5.21. The van der Waals surface area contributed by atoms with Crippen molar-refractivity contribution in [2.45, 2.75) is 6.92 Å². The zero-order chi connectivity index (χ0) is 17.4. The summed E-state index contributed by atoms with van der Waals surface area (Å²) in [6, 6.07) is 20.3. The van der Waals surface area contributed by atoms with Crippen LogP contribution in [-0.2, 0) is 0 Å². The molecule has 1 amide bonds. The molecular weight excluding hydrogens is 314 g/mol. The first-order valence-electron chi connectivity index (χ1n) is 7.95. The topological polar surface area (TPSA) is 59.3 Å². The van der Waals surface area contributed by atoms with E-state index in [9.17, 15) is 9.59 Å². The number of hydrogen-bond donors (Lipinski definition) is 1. The molecule has 0 saturated heterocycles. The molecule has 1 heterocycles. The maximum absolute atomic E-state index is 12.5. The van der Waals surface area contributed by atoms with Crippen LogP contribution in [-0.4, -0.2) is 5.91 Å². The largest absolute Gasteiger partial charge is 0.423 e. The Morgan fingerprint density at radius 2 is 1.72 bits per heavy atom. The number of aryl methyl sites for hydroxylation is 1. The molecule has 0 atom stereocenters. The normalized spacial score (nSPS) is 10.9. The lowest BCUT2D eigenvalue weighted by molar-refractivity contribution is 0.102. The number of nitrogens with one attached hydrogen (secondary N) is 1. The highest BCUT2D eigenvalue weighted by molar-refractivity contribution is 6.06. The van der Waals surface area contributed by atoms with Crippen molar-refractivity contribution in [1.29, 1.82) is 0 Å². The van der Waals surface area contributed by atoms with Crippen molar-refractivity contribution in [1.82, 2.24) is 0 Å². The average Bonchev–Trinajstić information content (AvgIpc) is 2.61. The van der Waals surface area contributed by atoms with Crippen LogP contribution in [0.1, 0.15) is 15.9 Å². The van der Waals surface area contributed by atoms with Gasteiger partial charge in [-0.25, -0.2) is 4.79 Å². The number of hydrogen-bond acceptors (Lipinski definition) is 3. The van der Waals surface area contributed by atoms with Crippen molar-refractivity contribution in [2.75, 3.05) is 5.32 Å². The number of amides is 1. The van der Waals surface area contributed by atoms with Gasteiger partial charge in [0.25, 0.3) is 5.91 Å². The monoisotopic (exact) mass is 329 g/mol. The van der Waals surface area contributed by atoms with E-state index in [0.717, 1.165) is 27.4 Å². The lowest BCUT2D eigenvalue weighted by atomic mass is 10.1. The van der Waals surface area contributed by atoms with Crippen molar-refractivity contribution in [2.24, 2.45) is 0 Å². The molecule has 0 unspecified atom stereocenters. The van der Waals surface area contributed by atoms with E-state index in [-0.39, 0.29) is 5.91 Å². The van der Waals surface area contributed by atoms with Crippen LogP contribution in [0.5, 0.6) is 0 Å². The van der Waals surface area contributed by atoms with Gasteiger partial charge in [-0.2, -0.15) is 0 Å². The predicted octanol–water partition coefficient (Wildman–Crippen LogP) is 4.51. The summed E-state index contributed by atoms with van der Waals surface area (Å²) >= 11 is 0. The second-order valence-electron chi connectivity index (χ2n) is 5.98. The molecule has 122 valence electrons. The Balaban J connectivity index is 1.67. The van der Waals surface area contributed by atoms with Crippen molar-refractivity contribution in [3.8, 4) is 0 Å². The molecule has 1 aromatic heterocycles. The summed E-state index contributed by atoms with van der Waals surface area (Å²) in [7, 11) is 0. The van der Waals surface area contributed by atoms with E-state index in [2.05, 4.69) is 5.32 Å². The van der Waals surface area contributed by atoms with Gasteiger partial charge in [-0.1, -0.05) is 36.4 Å². The van der Waals surface area contributed by atoms with E-state index in [4.69, 9.17) is 4.42 Å². The van der Waals surface area contributed by atoms with Gasteiger partial charge in [-0.15, -0.1) is 0 Å². The van der Waals surface area contributed by atoms with Crippen molar-refractivity contribution >= 4 is 33.3 Å². The van der Waals surface area contributed by atoms with Crippen LogP contribution in [0.4, 0.5) is 5.69 Å². The van der Waals surface area contributed by atoms with Crippen molar-refractivity contribution in [3.63, 3.8) is 0 Å². The molecule has 25 heavy (non-hydrogen) atoms. The Labute approximate surface area is 143 Å². The van der Waals surface area contributed by atoms with Gasteiger partial charge >= 0.3 is 5.63 Å². The molecule has 0 spiro atoms. The third-order valence-electron chi connectivity index (χ3n) is 4.22. The summed E-state index contributed by atoms with van der Waals surface area (Å²) in [5, 5.41) is 5.88. The van der Waals surface area contributed by atoms with Gasteiger partial charge in [0.2, 0.25) is 0 Å². The van der Waals surface area contributed by atoms with E-state index in [1.165, 1.54) is 6.07 Å². The van der Waals surface area contributed by atoms with Crippen LogP contribution >= 0.6 is 0 Å². The molecule has 4 rings (SSSR count). The van der Waals surface area contributed by atoms with E-state index >= 15 is 0 Å². The molecular formula is C21H15NO3. The van der Waals surface area contributed by atoms with E-state index < -0.39 is 5.63 Å². The second-order valence-corrected chi connectivity index (χ2v) is 5.98. The second kappa shape index (κ2) is 5.91. The van der Waals surface area contributed by atoms with Crippen LogP contribution in [0.25, 0.3) is 21.7 Å². The summed E-state index contributed by atoms with van der Waals surface area (Å²) in [4.78, 5) is 24.1. The summed E-state index contributed by atoms with van der Waals surface area (Å²) in [5.41, 5.74) is 1.98. The van der Waals surface area contributed by atoms with Gasteiger partial charge < -0.3 is 9.73 Å². The smallest absolute Gasteiger partial charge is 0.336 e. The molecule has 0 aliphatic rings. The molecule has 4 aromatic rings. The Morgan fingerprint density at radius 1 is 0.920 bits per heavy atom. The Hall–Kier alpha value is -3.40. The SMILES string of the molecule is Cc1cc(=O)oc2cc(C(=O)Nc3ccc4ccccc4c3)ccc12. The minimum absolute atomic E-state index is 0.249. The highest BCUT2D eigenvalue weighted by Crippen LogP contribution is 2.21. The third-order valence-corrected chi connectivity index (χ3v) is 4.22. The molecule has 0 bridgehead atoms. The number of fused-ring (bicyclic) bond motifs is 2. The summed E-state index contributed by atoms with van der Waals surface area (Å²) in [5.74, 6) is -0.249. The lowest BCUT2D eigenvalue weighted by Crippen LogP contribution is -2.12. The Kier molecular flexibility index (Phi) is 3.58. The predicted molar refractivity (Wildman–Crippen MR) is 99.1 cm³/mol. The standard InChI is InChI=1S/C21H15NO3/c1-13-10-20(23)25-19-12-16(7-9-18(13)19)21(24)22-17-8-6-14-4-2-3-5-15(14)11-17/h2-12H,1H3,(H,22,24). The minimum Gasteiger partial charge on any atom is -0.423 e. The van der Waals surface area contributed by atoms with Gasteiger partial charge in [0.05, 0.1) is 0 Å². The van der Waals surface area contributed by atoms with Crippen LogP contribution in [0.15, 0.2) is 75.9 Å². The Bertz CT molecular complexity index is 1170. The first-order valence-corrected chi connectivity index (χ1v) is 7.95. The fraction of sp³-hybridized carbons (Fsp3) is 0.0476. The van der Waals surface area contributed by atoms with Gasteiger partial charge in [-0.3, -0.25) is 4.79 Å². The van der Waals surface area contributed by atoms with Crippen LogP contribution in [0.2, 0.25) is 0 Å². The fourth-order valence-electron chi connectivity index (χ4n) is 2.94. The van der Waals surface area contributed by atoms with Gasteiger partial charge in [-0.05, 0) is 47.5 Å². The molecule has 3 aromatic carbocycles. The quantitative estimate of drug-likeness (QED) is 0.551. The highest BCUT2D eigenvalue weighted by atomic mass is 16.4. The van der Waals surface area contributed by atoms with Crippen LogP contribution in [0.3, 0.4) is 0 Å². The maximum atomic E-state index is 12.5. The maximum Gasteiger partial charge on any atom is 0.336 e. The molecule has 1 N–H and O–H groups in total. The molecule has 0 fully saturated rings. The van der Waals surface area contributed by atoms with E-state index in [0.29, 0.717) is 11.1 Å². The van der Waals surface area contributed by atoms with Gasteiger partial charge in [0.15, 0.2) is 0 Å². The highest BCUT2D eigenvalue weighted by Gasteiger charge is 2.10. The molecule has 0 saturated carbocycles. The third kappa shape index (κ3) is 2.90. The lowest BCUT2D eigenvalue weighted by Gasteiger charge is -2.08. The average molecular weight is 329 g/mol. The van der Waals surface area contributed by atoms with Crippen molar-refractivity contribution in [3.05, 3.63) is 88.3 Å². The van der Waals surface area contributed by atoms with Crippen LogP contribution < -0.4 is 10.9 Å². The van der Waals surface area contributed by atoms with E-state index in [1.54, 1.807) is 18.2 Å². The van der Waals surface area contributed by atoms with Crippen LogP contribution in [0, 0.1) is 6.92 Å². The van der Waals surface area contributed by atoms with E-state index in [1.807, 2.05) is 49.4 Å². The fourth-order valence-corrected chi connectivity index (χ4v) is 2.94. The first kappa shape index (κ1) is 15.1. The Morgan fingerprint density at radius 3 is 2.56 bits per heavy atom. The number of benzene rings is 3. The zero-order valence-corrected chi connectivity index (χ0v) is 13.6. The molecule has 0 aliphatic carbocycles. The number of carbonyl (C=O) groups is 1. The van der Waals surface area contributed by atoms with Gasteiger partial charge in [0, 0.05) is 22.7 Å². The molecule has 4 nitrogen and oxygen atoms in total. The molecule has 0 radical (unpaired) electrons. The number of rotatable bonds is 2. The number of carbonyl (C=O) groups excluding carboxylic acids is 1. The minimum atomic E-state index is -0.419. The first-order chi connectivity index (χ1) is 12.1. The number of anilines is 1. The molecule has 4 heteroatoms.